The summed E-state index contributed by atoms with van der Waals surface area (Å²) in [6.07, 6.45) is 5.84. The van der Waals surface area contributed by atoms with E-state index >= 15 is 0 Å². The Labute approximate surface area is 97.8 Å². The lowest BCUT2D eigenvalue weighted by molar-refractivity contribution is 0.258. The van der Waals surface area contributed by atoms with Crippen molar-refractivity contribution in [3.05, 3.63) is 29.8 Å². The number of rotatable bonds is 4. The van der Waals surface area contributed by atoms with Gasteiger partial charge in [0, 0.05) is 5.54 Å². The van der Waals surface area contributed by atoms with Crippen LogP contribution >= 0.6 is 0 Å². The average molecular weight is 219 g/mol. The molecule has 0 atom stereocenters. The molecule has 1 aromatic carbocycles. The average Bonchev–Trinajstić information content (AvgIpc) is 2.65. The summed E-state index contributed by atoms with van der Waals surface area (Å²) in [7, 11) is 0. The summed E-state index contributed by atoms with van der Waals surface area (Å²) in [5, 5.41) is 0. The molecule has 0 aliphatic heterocycles. The van der Waals surface area contributed by atoms with Gasteiger partial charge in [-0.3, -0.25) is 0 Å². The molecule has 0 saturated heterocycles. The quantitative estimate of drug-likeness (QED) is 0.844. The van der Waals surface area contributed by atoms with Crippen molar-refractivity contribution in [3.63, 3.8) is 0 Å². The molecule has 0 bridgehead atoms. The van der Waals surface area contributed by atoms with E-state index in [4.69, 9.17) is 10.5 Å². The molecule has 0 amide bonds. The summed E-state index contributed by atoms with van der Waals surface area (Å²) in [5.41, 5.74) is 7.56. The van der Waals surface area contributed by atoms with Gasteiger partial charge in [-0.1, -0.05) is 25.0 Å². The Morgan fingerprint density at radius 3 is 2.75 bits per heavy atom. The van der Waals surface area contributed by atoms with Crippen molar-refractivity contribution in [3.8, 4) is 5.75 Å². The molecule has 1 aromatic rings. The minimum atomic E-state index is 0.0455. The van der Waals surface area contributed by atoms with E-state index in [1.165, 1.54) is 18.4 Å². The molecule has 0 heterocycles. The standard InChI is InChI=1S/C14H21NO/c1-12-5-4-6-13(11-12)16-10-9-14(15)7-2-3-8-14/h4-6,11H,2-3,7-10,15H2,1H3. The van der Waals surface area contributed by atoms with Gasteiger partial charge in [-0.25, -0.2) is 0 Å². The van der Waals surface area contributed by atoms with Crippen LogP contribution in [0.4, 0.5) is 0 Å². The second kappa shape index (κ2) is 4.88. The minimum Gasteiger partial charge on any atom is -0.494 e. The van der Waals surface area contributed by atoms with Gasteiger partial charge in [-0.2, -0.15) is 0 Å². The molecule has 0 spiro atoms. The van der Waals surface area contributed by atoms with E-state index in [0.29, 0.717) is 0 Å². The molecule has 2 rings (SSSR count). The first-order valence-electron chi connectivity index (χ1n) is 6.16. The zero-order chi connectivity index (χ0) is 11.4. The first-order chi connectivity index (χ1) is 7.68. The third kappa shape index (κ3) is 2.99. The van der Waals surface area contributed by atoms with E-state index < -0.39 is 0 Å². The predicted molar refractivity (Wildman–Crippen MR) is 66.7 cm³/mol. The van der Waals surface area contributed by atoms with Crippen molar-refractivity contribution in [1.82, 2.24) is 0 Å². The Kier molecular flexibility index (Phi) is 3.49. The molecule has 0 unspecified atom stereocenters. The molecule has 0 aromatic heterocycles. The van der Waals surface area contributed by atoms with Gasteiger partial charge >= 0.3 is 0 Å². The van der Waals surface area contributed by atoms with Crippen molar-refractivity contribution in [2.45, 2.75) is 44.6 Å². The summed E-state index contributed by atoms with van der Waals surface area (Å²) >= 11 is 0. The van der Waals surface area contributed by atoms with Crippen LogP contribution in [0, 0.1) is 6.92 Å². The Bertz CT molecular complexity index is 342. The van der Waals surface area contributed by atoms with E-state index in [0.717, 1.165) is 31.6 Å². The van der Waals surface area contributed by atoms with E-state index in [1.807, 2.05) is 12.1 Å². The van der Waals surface area contributed by atoms with Gasteiger partial charge in [0.05, 0.1) is 6.61 Å². The number of hydrogen-bond donors (Lipinski definition) is 1. The van der Waals surface area contributed by atoms with Crippen molar-refractivity contribution in [2.24, 2.45) is 5.73 Å². The van der Waals surface area contributed by atoms with Gasteiger partial charge < -0.3 is 10.5 Å². The Morgan fingerprint density at radius 2 is 2.06 bits per heavy atom. The highest BCUT2D eigenvalue weighted by molar-refractivity contribution is 5.27. The number of benzene rings is 1. The molecular weight excluding hydrogens is 198 g/mol. The van der Waals surface area contributed by atoms with E-state index in [1.54, 1.807) is 0 Å². The lowest BCUT2D eigenvalue weighted by Gasteiger charge is -2.23. The Balaban J connectivity index is 1.79. The monoisotopic (exact) mass is 219 g/mol. The molecule has 2 heteroatoms. The largest absolute Gasteiger partial charge is 0.494 e. The van der Waals surface area contributed by atoms with Gasteiger partial charge in [-0.05, 0) is 43.9 Å². The first kappa shape index (κ1) is 11.5. The van der Waals surface area contributed by atoms with Crippen LogP contribution in [-0.4, -0.2) is 12.1 Å². The molecule has 1 fully saturated rings. The molecule has 1 aliphatic rings. The number of hydrogen-bond acceptors (Lipinski definition) is 2. The van der Waals surface area contributed by atoms with Gasteiger partial charge in [0.25, 0.3) is 0 Å². The molecule has 0 radical (unpaired) electrons. The lowest BCUT2D eigenvalue weighted by atomic mass is 9.95. The third-order valence-electron chi connectivity index (χ3n) is 3.46. The van der Waals surface area contributed by atoms with E-state index in [-0.39, 0.29) is 5.54 Å². The number of ether oxygens (including phenoxy) is 1. The first-order valence-corrected chi connectivity index (χ1v) is 6.16. The normalized spacial score (nSPS) is 18.6. The smallest absolute Gasteiger partial charge is 0.119 e. The second-order valence-corrected chi connectivity index (χ2v) is 4.98. The summed E-state index contributed by atoms with van der Waals surface area (Å²) in [4.78, 5) is 0. The highest BCUT2D eigenvalue weighted by Crippen LogP contribution is 2.30. The third-order valence-corrected chi connectivity index (χ3v) is 3.46. The lowest BCUT2D eigenvalue weighted by Crippen LogP contribution is -2.37. The van der Waals surface area contributed by atoms with Crippen molar-refractivity contribution < 1.29 is 4.74 Å². The van der Waals surface area contributed by atoms with Crippen LogP contribution in [0.3, 0.4) is 0 Å². The topological polar surface area (TPSA) is 35.2 Å². The SMILES string of the molecule is Cc1cccc(OCCC2(N)CCCC2)c1. The van der Waals surface area contributed by atoms with Crippen LogP contribution in [0.5, 0.6) is 5.75 Å². The predicted octanol–water partition coefficient (Wildman–Crippen LogP) is 3.04. The maximum Gasteiger partial charge on any atom is 0.119 e. The number of aryl methyl sites for hydroxylation is 1. The molecule has 2 N–H and O–H groups in total. The molecule has 1 aliphatic carbocycles. The van der Waals surface area contributed by atoms with E-state index in [9.17, 15) is 0 Å². The maximum atomic E-state index is 6.27. The van der Waals surface area contributed by atoms with Crippen molar-refractivity contribution >= 4 is 0 Å². The van der Waals surface area contributed by atoms with Crippen LogP contribution in [0.2, 0.25) is 0 Å². The zero-order valence-electron chi connectivity index (χ0n) is 10.0. The highest BCUT2D eigenvalue weighted by Gasteiger charge is 2.28. The fraction of sp³-hybridized carbons (Fsp3) is 0.571. The van der Waals surface area contributed by atoms with Crippen LogP contribution < -0.4 is 10.5 Å². The zero-order valence-corrected chi connectivity index (χ0v) is 10.0. The Hall–Kier alpha value is -1.02. The minimum absolute atomic E-state index is 0.0455. The van der Waals surface area contributed by atoms with Gasteiger partial charge in [-0.15, -0.1) is 0 Å². The van der Waals surface area contributed by atoms with Gasteiger partial charge in [0.1, 0.15) is 5.75 Å². The van der Waals surface area contributed by atoms with Gasteiger partial charge in [0.15, 0.2) is 0 Å². The second-order valence-electron chi connectivity index (χ2n) is 4.98. The van der Waals surface area contributed by atoms with Gasteiger partial charge in [0.2, 0.25) is 0 Å². The van der Waals surface area contributed by atoms with Crippen LogP contribution in [0.1, 0.15) is 37.7 Å². The molecule has 16 heavy (non-hydrogen) atoms. The fourth-order valence-corrected chi connectivity index (χ4v) is 2.41. The molecular formula is C14H21NO. The summed E-state index contributed by atoms with van der Waals surface area (Å²) < 4.78 is 5.73. The summed E-state index contributed by atoms with van der Waals surface area (Å²) in [5.74, 6) is 0.960. The van der Waals surface area contributed by atoms with Crippen LogP contribution in [0.25, 0.3) is 0 Å². The molecule has 88 valence electrons. The fourth-order valence-electron chi connectivity index (χ4n) is 2.41. The Morgan fingerprint density at radius 1 is 1.31 bits per heavy atom. The molecule has 2 nitrogen and oxygen atoms in total. The molecule has 1 saturated carbocycles. The van der Waals surface area contributed by atoms with Crippen molar-refractivity contribution in [1.29, 1.82) is 0 Å². The van der Waals surface area contributed by atoms with Crippen LogP contribution in [0.15, 0.2) is 24.3 Å². The number of nitrogens with two attached hydrogens (primary N) is 1. The summed E-state index contributed by atoms with van der Waals surface area (Å²) in [6.45, 7) is 2.81. The highest BCUT2D eigenvalue weighted by atomic mass is 16.5. The van der Waals surface area contributed by atoms with Crippen LogP contribution in [-0.2, 0) is 0 Å². The summed E-state index contributed by atoms with van der Waals surface area (Å²) in [6, 6.07) is 8.18. The maximum absolute atomic E-state index is 6.27. The van der Waals surface area contributed by atoms with E-state index in [2.05, 4.69) is 19.1 Å². The van der Waals surface area contributed by atoms with Crippen molar-refractivity contribution in [2.75, 3.05) is 6.61 Å².